The Labute approximate surface area is 147 Å². The molecule has 5 nitrogen and oxygen atoms in total. The molecule has 2 aromatic rings. The second kappa shape index (κ2) is 5.30. The number of hydrogen-bond donors (Lipinski definition) is 2. The monoisotopic (exact) mass is 342 g/mol. The summed E-state index contributed by atoms with van der Waals surface area (Å²) < 4.78 is 12.2. The molecular weight excluding hydrogens is 318 g/mol. The fraction of sp³-hybridized carbons (Fsp3) is 0.400. The molecule has 1 atom stereocenters. The number of benzene rings is 2. The highest BCUT2D eigenvalue weighted by molar-refractivity contribution is 5.88. The van der Waals surface area contributed by atoms with E-state index in [1.807, 2.05) is 6.07 Å². The van der Waals surface area contributed by atoms with Gasteiger partial charge in [0.15, 0.2) is 23.0 Å². The van der Waals surface area contributed by atoms with Crippen molar-refractivity contribution in [1.29, 1.82) is 0 Å². The number of quaternary nitrogens is 1. The van der Waals surface area contributed by atoms with Crippen molar-refractivity contribution < 1.29 is 24.2 Å². The first-order chi connectivity index (χ1) is 11.9. The lowest BCUT2D eigenvalue weighted by molar-refractivity contribution is -0.923. The van der Waals surface area contributed by atoms with Crippen LogP contribution in [0.25, 0.3) is 11.1 Å². The van der Waals surface area contributed by atoms with Gasteiger partial charge in [0.1, 0.15) is 6.04 Å². The van der Waals surface area contributed by atoms with Crippen molar-refractivity contribution in [2.75, 3.05) is 34.9 Å². The van der Waals surface area contributed by atoms with E-state index in [9.17, 15) is 10.2 Å². The Balaban J connectivity index is 2.14. The van der Waals surface area contributed by atoms with Gasteiger partial charge in [0.05, 0.1) is 34.9 Å². The molecule has 2 aliphatic rings. The van der Waals surface area contributed by atoms with Crippen LogP contribution in [0.4, 0.5) is 0 Å². The minimum absolute atomic E-state index is 0.0828. The summed E-state index contributed by atoms with van der Waals surface area (Å²) in [4.78, 5) is 0. The van der Waals surface area contributed by atoms with Gasteiger partial charge >= 0.3 is 0 Å². The van der Waals surface area contributed by atoms with Gasteiger partial charge in [0.25, 0.3) is 0 Å². The lowest BCUT2D eigenvalue weighted by Gasteiger charge is -2.46. The minimum Gasteiger partial charge on any atom is -0.504 e. The second-order valence-electron chi connectivity index (χ2n) is 7.50. The third kappa shape index (κ3) is 2.12. The molecule has 4 rings (SSSR count). The summed E-state index contributed by atoms with van der Waals surface area (Å²) in [5.74, 6) is 1.09. The number of methoxy groups -OCH3 is 2. The van der Waals surface area contributed by atoms with Crippen LogP contribution in [0, 0.1) is 0 Å². The minimum atomic E-state index is -0.111. The van der Waals surface area contributed by atoms with Gasteiger partial charge in [-0.15, -0.1) is 0 Å². The maximum atomic E-state index is 10.6. The Morgan fingerprint density at radius 1 is 1.04 bits per heavy atom. The molecule has 2 aromatic carbocycles. The molecule has 5 heteroatoms. The van der Waals surface area contributed by atoms with Crippen LogP contribution in [-0.2, 0) is 12.8 Å². The SMILES string of the molecule is COc1cc2c3c(c1OC)-c1c(ccc(O)c1O)C[C@H]3[N+](C)(C)CC2. The third-order valence-electron chi connectivity index (χ3n) is 5.84. The average Bonchev–Trinajstić information content (AvgIpc) is 2.60. The van der Waals surface area contributed by atoms with Crippen LogP contribution in [0.5, 0.6) is 23.0 Å². The van der Waals surface area contributed by atoms with Crippen molar-refractivity contribution in [3.63, 3.8) is 0 Å². The number of phenols is 2. The van der Waals surface area contributed by atoms with Gasteiger partial charge in [0.2, 0.25) is 0 Å². The van der Waals surface area contributed by atoms with Crippen LogP contribution in [-0.4, -0.2) is 49.6 Å². The first-order valence-electron chi connectivity index (χ1n) is 8.53. The van der Waals surface area contributed by atoms with E-state index in [0.717, 1.165) is 35.0 Å². The molecule has 25 heavy (non-hydrogen) atoms. The van der Waals surface area contributed by atoms with Crippen molar-refractivity contribution in [3.8, 4) is 34.1 Å². The summed E-state index contributed by atoms with van der Waals surface area (Å²) >= 11 is 0. The number of rotatable bonds is 2. The van der Waals surface area contributed by atoms with Gasteiger partial charge in [0, 0.05) is 29.5 Å². The van der Waals surface area contributed by atoms with E-state index < -0.39 is 0 Å². The van der Waals surface area contributed by atoms with Crippen LogP contribution in [0.1, 0.15) is 22.7 Å². The zero-order valence-electron chi connectivity index (χ0n) is 15.1. The normalized spacial score (nSPS) is 19.8. The van der Waals surface area contributed by atoms with E-state index in [-0.39, 0.29) is 17.5 Å². The van der Waals surface area contributed by atoms with Gasteiger partial charge in [-0.05, 0) is 23.3 Å². The van der Waals surface area contributed by atoms with Crippen molar-refractivity contribution in [1.82, 2.24) is 0 Å². The Morgan fingerprint density at radius 2 is 1.80 bits per heavy atom. The average molecular weight is 342 g/mol. The third-order valence-corrected chi connectivity index (χ3v) is 5.84. The summed E-state index contributed by atoms with van der Waals surface area (Å²) in [7, 11) is 7.74. The maximum Gasteiger partial charge on any atom is 0.169 e. The van der Waals surface area contributed by atoms with Crippen LogP contribution in [0.15, 0.2) is 18.2 Å². The highest BCUT2D eigenvalue weighted by Crippen LogP contribution is 2.56. The smallest absolute Gasteiger partial charge is 0.169 e. The molecule has 0 unspecified atom stereocenters. The molecular formula is C20H24NO4+. The molecule has 1 heterocycles. The number of fused-ring (bicyclic) bond motifs is 2. The van der Waals surface area contributed by atoms with Crippen molar-refractivity contribution in [2.24, 2.45) is 0 Å². The van der Waals surface area contributed by atoms with E-state index in [1.54, 1.807) is 20.3 Å². The predicted molar refractivity (Wildman–Crippen MR) is 95.4 cm³/mol. The highest BCUT2D eigenvalue weighted by Gasteiger charge is 2.44. The molecule has 0 spiro atoms. The number of ether oxygens (including phenoxy) is 2. The van der Waals surface area contributed by atoms with Gasteiger partial charge in [-0.2, -0.15) is 0 Å². The van der Waals surface area contributed by atoms with Gasteiger partial charge in [-0.25, -0.2) is 0 Å². The number of hydrogen-bond acceptors (Lipinski definition) is 4. The van der Waals surface area contributed by atoms with E-state index >= 15 is 0 Å². The predicted octanol–water partition coefficient (Wildman–Crippen LogP) is 3.01. The molecule has 0 bridgehead atoms. The maximum absolute atomic E-state index is 10.6. The standard InChI is InChI=1S/C20H23NO4/c1-21(2)8-7-12-10-15(24-3)20(25-4)18-16(12)13(21)9-11-5-6-14(22)19(23)17(11)18/h5-6,10,13H,7-9H2,1-4H3,(H-,22,23)/p+1/t13-/m1/s1. The largest absolute Gasteiger partial charge is 0.504 e. The fourth-order valence-corrected chi connectivity index (χ4v) is 4.44. The molecule has 0 fully saturated rings. The molecule has 132 valence electrons. The lowest BCUT2D eigenvalue weighted by atomic mass is 9.75. The molecule has 0 radical (unpaired) electrons. The molecule has 0 amide bonds. The Morgan fingerprint density at radius 3 is 2.48 bits per heavy atom. The molecule has 0 saturated heterocycles. The molecule has 0 saturated carbocycles. The zero-order chi connectivity index (χ0) is 17.9. The summed E-state index contributed by atoms with van der Waals surface area (Å²) in [5.41, 5.74) is 5.01. The topological polar surface area (TPSA) is 58.9 Å². The van der Waals surface area contributed by atoms with E-state index in [4.69, 9.17) is 9.47 Å². The first kappa shape index (κ1) is 16.1. The van der Waals surface area contributed by atoms with Crippen molar-refractivity contribution in [2.45, 2.75) is 18.9 Å². The van der Waals surface area contributed by atoms with Gasteiger partial charge < -0.3 is 24.2 Å². The van der Waals surface area contributed by atoms with E-state index in [2.05, 4.69) is 20.2 Å². The summed E-state index contributed by atoms with van der Waals surface area (Å²) in [6, 6.07) is 5.82. The van der Waals surface area contributed by atoms with Crippen molar-refractivity contribution in [3.05, 3.63) is 34.9 Å². The molecule has 1 aliphatic carbocycles. The zero-order valence-corrected chi connectivity index (χ0v) is 15.1. The Hall–Kier alpha value is -2.40. The van der Waals surface area contributed by atoms with Crippen molar-refractivity contribution >= 4 is 0 Å². The summed E-state index contributed by atoms with van der Waals surface area (Å²) in [6.07, 6.45) is 1.77. The molecule has 0 aromatic heterocycles. The quantitative estimate of drug-likeness (QED) is 0.651. The Kier molecular flexibility index (Phi) is 3.41. The number of aromatic hydroxyl groups is 2. The van der Waals surface area contributed by atoms with Gasteiger partial charge in [-0.3, -0.25) is 0 Å². The summed E-state index contributed by atoms with van der Waals surface area (Å²) in [6.45, 7) is 1.05. The number of nitrogens with zero attached hydrogens (tertiary/aromatic N) is 1. The summed E-state index contributed by atoms with van der Waals surface area (Å²) in [5, 5.41) is 20.7. The lowest BCUT2D eigenvalue weighted by Crippen LogP contribution is -2.49. The van der Waals surface area contributed by atoms with E-state index in [0.29, 0.717) is 17.1 Å². The van der Waals surface area contributed by atoms with Crippen LogP contribution >= 0.6 is 0 Å². The number of phenolic OH excluding ortho intramolecular Hbond substituents is 2. The highest BCUT2D eigenvalue weighted by atomic mass is 16.5. The number of likely N-dealkylation sites (N-methyl/N-ethyl adjacent to an activating group) is 1. The fourth-order valence-electron chi connectivity index (χ4n) is 4.44. The Bertz CT molecular complexity index is 873. The van der Waals surface area contributed by atoms with Crippen LogP contribution < -0.4 is 9.47 Å². The first-order valence-corrected chi connectivity index (χ1v) is 8.53. The van der Waals surface area contributed by atoms with E-state index in [1.165, 1.54) is 11.1 Å². The molecule has 2 N–H and O–H groups in total. The van der Waals surface area contributed by atoms with Crippen LogP contribution in [0.3, 0.4) is 0 Å². The molecule has 1 aliphatic heterocycles. The van der Waals surface area contributed by atoms with Gasteiger partial charge in [-0.1, -0.05) is 6.07 Å². The van der Waals surface area contributed by atoms with Crippen LogP contribution in [0.2, 0.25) is 0 Å². The second-order valence-corrected chi connectivity index (χ2v) is 7.50.